The number of anilines is 2. The Bertz CT molecular complexity index is 1340. The van der Waals surface area contributed by atoms with Gasteiger partial charge in [-0.05, 0) is 47.5 Å². The van der Waals surface area contributed by atoms with Crippen molar-refractivity contribution in [2.75, 3.05) is 17.7 Å². The molecule has 178 valence electrons. The Balaban J connectivity index is 1.31. The van der Waals surface area contributed by atoms with Gasteiger partial charge in [0.05, 0.1) is 19.9 Å². The minimum Gasteiger partial charge on any atom is -0.497 e. The highest BCUT2D eigenvalue weighted by atomic mass is 19.2. The fourth-order valence-electron chi connectivity index (χ4n) is 3.37. The first-order chi connectivity index (χ1) is 16.9. The predicted octanol–water partition coefficient (Wildman–Crippen LogP) is 4.65. The molecule has 2 N–H and O–H groups in total. The summed E-state index contributed by atoms with van der Waals surface area (Å²) in [5.74, 6) is -1.97. The molecule has 35 heavy (non-hydrogen) atoms. The summed E-state index contributed by atoms with van der Waals surface area (Å²) < 4.78 is 33.2. The van der Waals surface area contributed by atoms with Gasteiger partial charge >= 0.3 is 0 Å². The predicted molar refractivity (Wildman–Crippen MR) is 127 cm³/mol. The van der Waals surface area contributed by atoms with Gasteiger partial charge < -0.3 is 19.9 Å². The van der Waals surface area contributed by atoms with Gasteiger partial charge in [0.15, 0.2) is 11.6 Å². The first-order valence-corrected chi connectivity index (χ1v) is 10.7. The molecule has 0 aliphatic heterocycles. The number of carbonyl (C=O) groups is 2. The molecule has 0 fully saturated rings. The van der Waals surface area contributed by atoms with Crippen LogP contribution in [0.5, 0.6) is 5.75 Å². The second-order valence-corrected chi connectivity index (χ2v) is 7.78. The van der Waals surface area contributed by atoms with Crippen molar-refractivity contribution in [1.29, 1.82) is 0 Å². The van der Waals surface area contributed by atoms with Gasteiger partial charge in [-0.1, -0.05) is 24.3 Å². The van der Waals surface area contributed by atoms with E-state index in [0.29, 0.717) is 12.2 Å². The lowest BCUT2D eigenvalue weighted by molar-refractivity contribution is -0.115. The first kappa shape index (κ1) is 23.6. The van der Waals surface area contributed by atoms with Crippen molar-refractivity contribution in [2.45, 2.75) is 13.0 Å². The van der Waals surface area contributed by atoms with Gasteiger partial charge in [-0.15, -0.1) is 0 Å². The lowest BCUT2D eigenvalue weighted by Crippen LogP contribution is -2.14. The summed E-state index contributed by atoms with van der Waals surface area (Å²) in [7, 11) is 1.59. The molecule has 0 radical (unpaired) electrons. The van der Waals surface area contributed by atoms with E-state index in [1.54, 1.807) is 30.0 Å². The van der Waals surface area contributed by atoms with E-state index >= 15 is 0 Å². The molecule has 1 aromatic heterocycles. The van der Waals surface area contributed by atoms with Gasteiger partial charge in [0.25, 0.3) is 5.91 Å². The normalized spacial score (nSPS) is 10.6. The third-order valence-electron chi connectivity index (χ3n) is 5.17. The maximum absolute atomic E-state index is 13.3. The minimum absolute atomic E-state index is 0.130. The van der Waals surface area contributed by atoms with Crippen molar-refractivity contribution in [3.05, 3.63) is 108 Å². The monoisotopic (exact) mass is 476 g/mol. The first-order valence-electron chi connectivity index (χ1n) is 10.7. The average Bonchev–Trinajstić information content (AvgIpc) is 3.32. The Morgan fingerprint density at radius 2 is 1.57 bits per heavy atom. The molecule has 2 amide bonds. The maximum Gasteiger partial charge on any atom is 0.275 e. The summed E-state index contributed by atoms with van der Waals surface area (Å²) in [4.78, 5) is 28.7. The summed E-state index contributed by atoms with van der Waals surface area (Å²) in [6.45, 7) is 0.450. The van der Waals surface area contributed by atoms with Crippen molar-refractivity contribution in [2.24, 2.45) is 0 Å². The van der Waals surface area contributed by atoms with Crippen LogP contribution in [-0.4, -0.2) is 28.5 Å². The fourth-order valence-corrected chi connectivity index (χ4v) is 3.37. The zero-order chi connectivity index (χ0) is 24.8. The van der Waals surface area contributed by atoms with Gasteiger partial charge in [0.1, 0.15) is 11.4 Å². The van der Waals surface area contributed by atoms with E-state index in [4.69, 9.17) is 4.74 Å². The van der Waals surface area contributed by atoms with Crippen molar-refractivity contribution >= 4 is 23.2 Å². The lowest BCUT2D eigenvalue weighted by atomic mass is 10.1. The number of hydrogen-bond acceptors (Lipinski definition) is 4. The van der Waals surface area contributed by atoms with Crippen molar-refractivity contribution in [3.8, 4) is 5.75 Å². The van der Waals surface area contributed by atoms with Crippen LogP contribution in [0.4, 0.5) is 20.2 Å². The number of benzene rings is 3. The Hall–Kier alpha value is -4.53. The maximum atomic E-state index is 13.3. The number of carbonyl (C=O) groups excluding carboxylic acids is 2. The zero-order valence-electron chi connectivity index (χ0n) is 18.8. The molecule has 0 saturated carbocycles. The SMILES string of the molecule is COc1ccc(CC(=O)Nc2ccc(Cn3cnc(C(=O)Nc4ccc(F)c(F)c4)c3)cc2)cc1. The fraction of sp³-hybridized carbons (Fsp3) is 0.115. The number of imidazole rings is 1. The molecular weight excluding hydrogens is 454 g/mol. The van der Waals surface area contributed by atoms with E-state index in [0.717, 1.165) is 29.0 Å². The van der Waals surface area contributed by atoms with E-state index in [9.17, 15) is 18.4 Å². The van der Waals surface area contributed by atoms with Crippen molar-refractivity contribution in [1.82, 2.24) is 9.55 Å². The highest BCUT2D eigenvalue weighted by Crippen LogP contribution is 2.16. The van der Waals surface area contributed by atoms with Crippen LogP contribution in [0.2, 0.25) is 0 Å². The minimum atomic E-state index is -1.05. The van der Waals surface area contributed by atoms with Crippen LogP contribution in [0.15, 0.2) is 79.3 Å². The van der Waals surface area contributed by atoms with Crippen molar-refractivity contribution in [3.63, 3.8) is 0 Å². The Labute approximate surface area is 200 Å². The number of ether oxygens (including phenoxy) is 1. The van der Waals surface area contributed by atoms with E-state index in [2.05, 4.69) is 15.6 Å². The molecule has 0 unspecified atom stereocenters. The number of halogens is 2. The topological polar surface area (TPSA) is 85.2 Å². The van der Waals surface area contributed by atoms with Crippen LogP contribution in [-0.2, 0) is 17.8 Å². The van der Waals surface area contributed by atoms with Crippen LogP contribution in [0.25, 0.3) is 0 Å². The van der Waals surface area contributed by atoms with Gasteiger partial charge in [-0.25, -0.2) is 13.8 Å². The largest absolute Gasteiger partial charge is 0.497 e. The Kier molecular flexibility index (Phi) is 7.15. The molecule has 1 heterocycles. The molecule has 4 aromatic rings. The number of hydrogen-bond donors (Lipinski definition) is 2. The van der Waals surface area contributed by atoms with Crippen LogP contribution in [0.1, 0.15) is 21.6 Å². The quantitative estimate of drug-likeness (QED) is 0.388. The van der Waals surface area contributed by atoms with Crippen LogP contribution in [0, 0.1) is 11.6 Å². The molecule has 9 heteroatoms. The molecule has 0 bridgehead atoms. The molecule has 4 rings (SSSR count). The number of amides is 2. The van der Waals surface area contributed by atoms with Crippen molar-refractivity contribution < 1.29 is 23.1 Å². The van der Waals surface area contributed by atoms with Gasteiger partial charge in [-0.2, -0.15) is 0 Å². The summed E-state index contributed by atoms with van der Waals surface area (Å²) in [6.07, 6.45) is 3.31. The standard InChI is InChI=1S/C26H22F2N4O3/c1-35-21-9-4-17(5-10-21)12-25(33)30-19-6-2-18(3-7-19)14-32-15-24(29-16-32)26(34)31-20-8-11-22(27)23(28)13-20/h2-11,13,15-16H,12,14H2,1H3,(H,30,33)(H,31,34). The summed E-state index contributed by atoms with van der Waals surface area (Å²) in [6, 6.07) is 17.8. The number of rotatable bonds is 8. The van der Waals surface area contributed by atoms with E-state index in [1.165, 1.54) is 12.4 Å². The average molecular weight is 476 g/mol. The van der Waals surface area contributed by atoms with Gasteiger partial charge in [0.2, 0.25) is 5.91 Å². The third kappa shape index (κ3) is 6.29. The zero-order valence-corrected chi connectivity index (χ0v) is 18.8. The van der Waals surface area contributed by atoms with Crippen LogP contribution < -0.4 is 15.4 Å². The smallest absolute Gasteiger partial charge is 0.275 e. The van der Waals surface area contributed by atoms with Crippen LogP contribution in [0.3, 0.4) is 0 Å². The molecular formula is C26H22F2N4O3. The highest BCUT2D eigenvalue weighted by Gasteiger charge is 2.12. The molecule has 0 aliphatic rings. The Morgan fingerprint density at radius 1 is 0.886 bits per heavy atom. The summed E-state index contributed by atoms with van der Waals surface area (Å²) in [5.41, 5.74) is 2.75. The number of aromatic nitrogens is 2. The number of nitrogens with zero attached hydrogens (tertiary/aromatic N) is 2. The van der Waals surface area contributed by atoms with Gasteiger partial charge in [-0.3, -0.25) is 9.59 Å². The summed E-state index contributed by atoms with van der Waals surface area (Å²) in [5, 5.41) is 5.35. The molecule has 7 nitrogen and oxygen atoms in total. The van der Waals surface area contributed by atoms with Crippen LogP contribution >= 0.6 is 0 Å². The van der Waals surface area contributed by atoms with E-state index in [1.807, 2.05) is 36.4 Å². The molecule has 0 aliphatic carbocycles. The Morgan fingerprint density at radius 3 is 2.26 bits per heavy atom. The van der Waals surface area contributed by atoms with E-state index < -0.39 is 17.5 Å². The molecule has 3 aromatic carbocycles. The molecule has 0 saturated heterocycles. The summed E-state index contributed by atoms with van der Waals surface area (Å²) >= 11 is 0. The highest BCUT2D eigenvalue weighted by molar-refractivity contribution is 6.02. The number of nitrogens with one attached hydrogen (secondary N) is 2. The van der Waals surface area contributed by atoms with Gasteiger partial charge in [0, 0.05) is 30.2 Å². The molecule has 0 atom stereocenters. The lowest BCUT2D eigenvalue weighted by Gasteiger charge is -2.08. The second-order valence-electron chi connectivity index (χ2n) is 7.78. The number of methoxy groups -OCH3 is 1. The molecule has 0 spiro atoms. The second kappa shape index (κ2) is 10.6. The van der Waals surface area contributed by atoms with E-state index in [-0.39, 0.29) is 23.7 Å². The third-order valence-corrected chi connectivity index (χ3v) is 5.17.